The molecule has 24 heavy (non-hydrogen) atoms. The van der Waals surface area contributed by atoms with Crippen LogP contribution in [0.4, 0.5) is 5.69 Å². The molecule has 3 aromatic rings. The molecule has 1 aliphatic carbocycles. The summed E-state index contributed by atoms with van der Waals surface area (Å²) in [6, 6.07) is 13.5. The van der Waals surface area contributed by atoms with E-state index in [4.69, 9.17) is 10.2 Å². The van der Waals surface area contributed by atoms with Crippen LogP contribution in [0.1, 0.15) is 35.3 Å². The molecule has 0 amide bonds. The van der Waals surface area contributed by atoms with Gasteiger partial charge < -0.3 is 10.2 Å². The molecule has 0 bridgehead atoms. The number of nitrogen functional groups attached to an aromatic ring is 1. The van der Waals surface area contributed by atoms with Crippen molar-refractivity contribution in [2.45, 2.75) is 26.2 Å². The monoisotopic (exact) mass is 317 g/mol. The highest BCUT2D eigenvalue weighted by Gasteiger charge is 2.22. The number of fused-ring (bicyclic) bond motifs is 2. The molecular weight excluding hydrogens is 298 g/mol. The molecule has 0 atom stereocenters. The first-order valence-corrected chi connectivity index (χ1v) is 8.25. The van der Waals surface area contributed by atoms with Crippen molar-refractivity contribution in [2.24, 2.45) is 0 Å². The average Bonchev–Trinajstić information content (AvgIpc) is 2.58. The van der Waals surface area contributed by atoms with Crippen molar-refractivity contribution in [3.8, 4) is 0 Å². The van der Waals surface area contributed by atoms with Crippen LogP contribution in [-0.4, -0.2) is 0 Å². The van der Waals surface area contributed by atoms with Crippen LogP contribution in [-0.2, 0) is 6.42 Å². The van der Waals surface area contributed by atoms with Crippen LogP contribution in [0.5, 0.6) is 0 Å². The Balaban J connectivity index is 1.95. The summed E-state index contributed by atoms with van der Waals surface area (Å²) >= 11 is 0. The second-order valence-corrected chi connectivity index (χ2v) is 6.37. The lowest BCUT2D eigenvalue weighted by molar-refractivity contribution is 0.558. The van der Waals surface area contributed by atoms with Crippen molar-refractivity contribution in [3.63, 3.8) is 0 Å². The van der Waals surface area contributed by atoms with Gasteiger partial charge in [-0.2, -0.15) is 0 Å². The highest BCUT2D eigenvalue weighted by Crippen LogP contribution is 2.33. The summed E-state index contributed by atoms with van der Waals surface area (Å²) < 4.78 is 6.12. The Kier molecular flexibility index (Phi) is 3.49. The van der Waals surface area contributed by atoms with Gasteiger partial charge in [0.25, 0.3) is 0 Å². The molecule has 1 aliphatic rings. The minimum absolute atomic E-state index is 0.0499. The topological polar surface area (TPSA) is 56.2 Å². The molecule has 3 heteroatoms. The maximum atomic E-state index is 12.8. The van der Waals surface area contributed by atoms with E-state index in [1.54, 1.807) is 18.2 Å². The van der Waals surface area contributed by atoms with Gasteiger partial charge in [-0.25, -0.2) is 0 Å². The lowest BCUT2D eigenvalue weighted by Crippen LogP contribution is -2.16. The van der Waals surface area contributed by atoms with Crippen LogP contribution in [0.2, 0.25) is 0 Å². The van der Waals surface area contributed by atoms with E-state index in [0.29, 0.717) is 16.7 Å². The molecule has 0 saturated carbocycles. The Morgan fingerprint density at radius 1 is 1.12 bits per heavy atom. The SMILES string of the molecule is Cc1ccccc1/C=C1/CCCc2c1oc1ccc(N)cc1c2=O. The summed E-state index contributed by atoms with van der Waals surface area (Å²) in [5, 5.41) is 0.575. The fourth-order valence-corrected chi connectivity index (χ4v) is 3.38. The van der Waals surface area contributed by atoms with Crippen LogP contribution in [0.25, 0.3) is 22.6 Å². The van der Waals surface area contributed by atoms with E-state index in [9.17, 15) is 4.79 Å². The van der Waals surface area contributed by atoms with Crippen LogP contribution in [0.3, 0.4) is 0 Å². The molecule has 0 radical (unpaired) electrons. The van der Waals surface area contributed by atoms with E-state index >= 15 is 0 Å². The first-order valence-electron chi connectivity index (χ1n) is 8.25. The molecule has 0 unspecified atom stereocenters. The molecule has 3 nitrogen and oxygen atoms in total. The molecule has 0 aliphatic heterocycles. The molecule has 1 heterocycles. The fourth-order valence-electron chi connectivity index (χ4n) is 3.38. The smallest absolute Gasteiger partial charge is 0.196 e. The third-order valence-corrected chi connectivity index (χ3v) is 4.69. The number of aryl methyl sites for hydroxylation is 1. The Labute approximate surface area is 140 Å². The first-order chi connectivity index (χ1) is 11.6. The van der Waals surface area contributed by atoms with Gasteiger partial charge in [0.15, 0.2) is 5.43 Å². The first kappa shape index (κ1) is 14.8. The van der Waals surface area contributed by atoms with Gasteiger partial charge in [-0.05, 0) is 67.2 Å². The predicted molar refractivity (Wildman–Crippen MR) is 98.9 cm³/mol. The number of anilines is 1. The average molecular weight is 317 g/mol. The summed E-state index contributed by atoms with van der Waals surface area (Å²) in [6.07, 6.45) is 4.79. The molecule has 1 aromatic heterocycles. The summed E-state index contributed by atoms with van der Waals surface area (Å²) in [7, 11) is 0. The largest absolute Gasteiger partial charge is 0.456 e. The normalized spacial score (nSPS) is 15.6. The van der Waals surface area contributed by atoms with E-state index < -0.39 is 0 Å². The zero-order valence-electron chi connectivity index (χ0n) is 13.6. The molecule has 0 spiro atoms. The molecule has 0 fully saturated rings. The Morgan fingerprint density at radius 2 is 1.96 bits per heavy atom. The third kappa shape index (κ3) is 2.42. The highest BCUT2D eigenvalue weighted by molar-refractivity contribution is 5.87. The summed E-state index contributed by atoms with van der Waals surface area (Å²) in [4.78, 5) is 12.8. The van der Waals surface area contributed by atoms with E-state index in [2.05, 4.69) is 25.1 Å². The van der Waals surface area contributed by atoms with Crippen LogP contribution in [0, 0.1) is 6.92 Å². The van der Waals surface area contributed by atoms with E-state index in [-0.39, 0.29) is 5.43 Å². The maximum absolute atomic E-state index is 12.8. The van der Waals surface area contributed by atoms with Crippen molar-refractivity contribution < 1.29 is 4.42 Å². The predicted octanol–water partition coefficient (Wildman–Crippen LogP) is 4.56. The molecular formula is C21H19NO2. The van der Waals surface area contributed by atoms with E-state index in [1.165, 1.54) is 11.1 Å². The second-order valence-electron chi connectivity index (χ2n) is 6.37. The van der Waals surface area contributed by atoms with Crippen LogP contribution in [0.15, 0.2) is 51.7 Å². The van der Waals surface area contributed by atoms with Gasteiger partial charge in [-0.1, -0.05) is 24.3 Å². The van der Waals surface area contributed by atoms with Gasteiger partial charge >= 0.3 is 0 Å². The van der Waals surface area contributed by atoms with Crippen molar-refractivity contribution in [2.75, 3.05) is 5.73 Å². The van der Waals surface area contributed by atoms with Gasteiger partial charge in [-0.3, -0.25) is 4.79 Å². The minimum atomic E-state index is 0.0499. The Bertz CT molecular complexity index is 1030. The molecule has 120 valence electrons. The number of hydrogen-bond donors (Lipinski definition) is 1. The standard InChI is InChI=1S/C21H19NO2/c1-13-5-2-3-6-14(13)11-15-7-4-8-17-20(23)18-12-16(22)9-10-19(18)24-21(15)17/h2-3,5-6,9-12H,4,7-8,22H2,1H3/b15-11-. The Hall–Kier alpha value is -2.81. The quantitative estimate of drug-likeness (QED) is 0.669. The zero-order valence-corrected chi connectivity index (χ0v) is 13.6. The van der Waals surface area contributed by atoms with Crippen molar-refractivity contribution in [1.29, 1.82) is 0 Å². The lowest BCUT2D eigenvalue weighted by Gasteiger charge is -2.18. The number of hydrogen-bond acceptors (Lipinski definition) is 3. The maximum Gasteiger partial charge on any atom is 0.196 e. The zero-order chi connectivity index (χ0) is 16.7. The minimum Gasteiger partial charge on any atom is -0.456 e. The second kappa shape index (κ2) is 5.68. The third-order valence-electron chi connectivity index (χ3n) is 4.69. The van der Waals surface area contributed by atoms with E-state index in [1.807, 2.05) is 12.1 Å². The summed E-state index contributed by atoms with van der Waals surface area (Å²) in [5.41, 5.74) is 11.3. The molecule has 2 aromatic carbocycles. The molecule has 0 saturated heterocycles. The van der Waals surface area contributed by atoms with Crippen molar-refractivity contribution in [3.05, 3.63) is 75.1 Å². The summed E-state index contributed by atoms with van der Waals surface area (Å²) in [5.74, 6) is 0.742. The van der Waals surface area contributed by atoms with Crippen LogP contribution >= 0.6 is 0 Å². The van der Waals surface area contributed by atoms with Crippen LogP contribution < -0.4 is 11.2 Å². The Morgan fingerprint density at radius 3 is 2.79 bits per heavy atom. The lowest BCUT2D eigenvalue weighted by atomic mass is 9.89. The van der Waals surface area contributed by atoms with Gasteiger partial charge in [0, 0.05) is 11.3 Å². The molecule has 4 rings (SSSR count). The fraction of sp³-hybridized carbons (Fsp3) is 0.190. The van der Waals surface area contributed by atoms with E-state index in [0.717, 1.165) is 36.2 Å². The number of rotatable bonds is 1. The number of benzene rings is 2. The number of nitrogens with two attached hydrogens (primary N) is 1. The van der Waals surface area contributed by atoms with Crippen molar-refractivity contribution >= 4 is 28.3 Å². The number of allylic oxidation sites excluding steroid dienone is 1. The van der Waals surface area contributed by atoms with Gasteiger partial charge in [0.05, 0.1) is 5.39 Å². The highest BCUT2D eigenvalue weighted by atomic mass is 16.3. The molecule has 2 N–H and O–H groups in total. The summed E-state index contributed by atoms with van der Waals surface area (Å²) in [6.45, 7) is 2.09. The van der Waals surface area contributed by atoms with Gasteiger partial charge in [-0.15, -0.1) is 0 Å². The van der Waals surface area contributed by atoms with Gasteiger partial charge in [0.1, 0.15) is 11.3 Å². The van der Waals surface area contributed by atoms with Gasteiger partial charge in [0.2, 0.25) is 0 Å². The van der Waals surface area contributed by atoms with Crippen molar-refractivity contribution in [1.82, 2.24) is 0 Å².